The van der Waals surface area contributed by atoms with E-state index in [-0.39, 0.29) is 11.1 Å². The Kier molecular flexibility index (Phi) is 5.33. The van der Waals surface area contributed by atoms with E-state index in [2.05, 4.69) is 10.2 Å². The van der Waals surface area contributed by atoms with Gasteiger partial charge in [-0.05, 0) is 42.0 Å². The average Bonchev–Trinajstić information content (AvgIpc) is 3.13. The predicted octanol–water partition coefficient (Wildman–Crippen LogP) is 5.36. The Labute approximate surface area is 189 Å². The molecule has 2 aliphatic heterocycles. The summed E-state index contributed by atoms with van der Waals surface area (Å²) in [6.45, 7) is 3.10. The molecule has 0 saturated carbocycles. The Morgan fingerprint density at radius 2 is 1.75 bits per heavy atom. The van der Waals surface area contributed by atoms with Crippen molar-refractivity contribution in [2.24, 2.45) is 0 Å². The SMILES string of the molecule is O=C1Nc2cc(Cl)c(-c3ccc(N4CCOCC4)cc3)cc2C1=C(O)c1ccccc1F. The molecule has 3 aromatic rings. The van der Waals surface area contributed by atoms with Gasteiger partial charge in [-0.2, -0.15) is 0 Å². The molecule has 1 fully saturated rings. The van der Waals surface area contributed by atoms with Crippen molar-refractivity contribution < 1.29 is 19.0 Å². The number of hydrogen-bond acceptors (Lipinski definition) is 4. The molecule has 0 bridgehead atoms. The van der Waals surface area contributed by atoms with Gasteiger partial charge in [0, 0.05) is 29.9 Å². The van der Waals surface area contributed by atoms with Crippen LogP contribution in [0.25, 0.3) is 22.5 Å². The fourth-order valence-corrected chi connectivity index (χ4v) is 4.38. The topological polar surface area (TPSA) is 61.8 Å². The van der Waals surface area contributed by atoms with Crippen LogP contribution in [0.5, 0.6) is 0 Å². The highest BCUT2D eigenvalue weighted by molar-refractivity contribution is 6.38. The van der Waals surface area contributed by atoms with Gasteiger partial charge in [0.1, 0.15) is 11.6 Å². The lowest BCUT2D eigenvalue weighted by atomic mass is 9.97. The molecule has 3 aromatic carbocycles. The normalized spacial score (nSPS) is 17.2. The molecule has 162 valence electrons. The van der Waals surface area contributed by atoms with Gasteiger partial charge in [0.05, 0.1) is 35.1 Å². The lowest BCUT2D eigenvalue weighted by molar-refractivity contribution is -0.110. The molecule has 0 spiro atoms. The minimum absolute atomic E-state index is 0.0213. The number of fused-ring (bicyclic) bond motifs is 1. The summed E-state index contributed by atoms with van der Waals surface area (Å²) in [5.41, 5.74) is 3.64. The zero-order valence-corrected chi connectivity index (χ0v) is 17.8. The lowest BCUT2D eigenvalue weighted by Gasteiger charge is -2.29. The summed E-state index contributed by atoms with van der Waals surface area (Å²) in [6, 6.07) is 17.2. The summed E-state index contributed by atoms with van der Waals surface area (Å²) in [5, 5.41) is 13.9. The van der Waals surface area contributed by atoms with Crippen molar-refractivity contribution in [3.8, 4) is 11.1 Å². The second-order valence-electron chi connectivity index (χ2n) is 7.68. The van der Waals surface area contributed by atoms with E-state index < -0.39 is 17.5 Å². The van der Waals surface area contributed by atoms with Gasteiger partial charge in [-0.25, -0.2) is 4.39 Å². The first-order valence-electron chi connectivity index (χ1n) is 10.3. The third-order valence-electron chi connectivity index (χ3n) is 5.77. The highest BCUT2D eigenvalue weighted by Crippen LogP contribution is 2.42. The monoisotopic (exact) mass is 450 g/mol. The van der Waals surface area contributed by atoms with Crippen LogP contribution in [0.2, 0.25) is 5.02 Å². The Morgan fingerprint density at radius 3 is 2.47 bits per heavy atom. The van der Waals surface area contributed by atoms with Crippen molar-refractivity contribution in [1.82, 2.24) is 0 Å². The van der Waals surface area contributed by atoms with Crippen molar-refractivity contribution >= 4 is 40.2 Å². The molecular weight excluding hydrogens is 431 g/mol. The largest absolute Gasteiger partial charge is 0.506 e. The standard InChI is InChI=1S/C25H20ClFN2O3/c26-20-14-22-19(23(25(31)28-22)24(30)17-3-1-2-4-21(17)27)13-18(20)15-5-7-16(8-6-15)29-9-11-32-12-10-29/h1-8,13-14,30H,9-12H2,(H,28,31). The number of hydrogen-bond donors (Lipinski definition) is 2. The van der Waals surface area contributed by atoms with Crippen LogP contribution in [0.15, 0.2) is 60.7 Å². The van der Waals surface area contributed by atoms with Crippen LogP contribution in [-0.4, -0.2) is 37.3 Å². The Morgan fingerprint density at radius 1 is 1.03 bits per heavy atom. The molecule has 0 atom stereocenters. The summed E-state index contributed by atoms with van der Waals surface area (Å²) in [5.74, 6) is -1.52. The van der Waals surface area contributed by atoms with E-state index in [0.717, 1.165) is 24.3 Å². The van der Waals surface area contributed by atoms with Crippen LogP contribution >= 0.6 is 11.6 Å². The fourth-order valence-electron chi connectivity index (χ4n) is 4.11. The van der Waals surface area contributed by atoms with Crippen molar-refractivity contribution in [3.05, 3.63) is 82.6 Å². The van der Waals surface area contributed by atoms with Gasteiger partial charge in [0.2, 0.25) is 0 Å². The first-order chi connectivity index (χ1) is 15.5. The molecule has 2 heterocycles. The first kappa shape index (κ1) is 20.5. The van der Waals surface area contributed by atoms with E-state index in [1.165, 1.54) is 18.2 Å². The number of amides is 1. The summed E-state index contributed by atoms with van der Waals surface area (Å²) in [7, 11) is 0. The molecule has 7 heteroatoms. The molecule has 0 unspecified atom stereocenters. The lowest BCUT2D eigenvalue weighted by Crippen LogP contribution is -2.36. The quantitative estimate of drug-likeness (QED) is 0.416. The van der Waals surface area contributed by atoms with E-state index >= 15 is 0 Å². The number of ether oxygens (including phenoxy) is 1. The van der Waals surface area contributed by atoms with E-state index in [9.17, 15) is 14.3 Å². The van der Waals surface area contributed by atoms with Gasteiger partial charge in [0.15, 0.2) is 0 Å². The number of carbonyl (C=O) groups excluding carboxylic acids is 1. The molecule has 2 aliphatic rings. The second kappa shape index (κ2) is 8.30. The van der Waals surface area contributed by atoms with Crippen molar-refractivity contribution in [1.29, 1.82) is 0 Å². The van der Waals surface area contributed by atoms with Crippen LogP contribution in [0.1, 0.15) is 11.1 Å². The molecule has 5 rings (SSSR count). The first-order valence-corrected chi connectivity index (χ1v) is 10.7. The van der Waals surface area contributed by atoms with Crippen LogP contribution in [-0.2, 0) is 9.53 Å². The second-order valence-corrected chi connectivity index (χ2v) is 8.09. The zero-order valence-electron chi connectivity index (χ0n) is 17.1. The number of nitrogens with zero attached hydrogens (tertiary/aromatic N) is 1. The fraction of sp³-hybridized carbons (Fsp3) is 0.160. The van der Waals surface area contributed by atoms with E-state index in [0.29, 0.717) is 35.1 Å². The number of aliphatic hydroxyl groups excluding tert-OH is 1. The molecule has 1 amide bonds. The zero-order chi connectivity index (χ0) is 22.2. The highest BCUT2D eigenvalue weighted by atomic mass is 35.5. The van der Waals surface area contributed by atoms with E-state index in [4.69, 9.17) is 16.3 Å². The van der Waals surface area contributed by atoms with Gasteiger partial charge in [-0.3, -0.25) is 4.79 Å². The minimum Gasteiger partial charge on any atom is -0.506 e. The molecule has 5 nitrogen and oxygen atoms in total. The molecule has 32 heavy (non-hydrogen) atoms. The van der Waals surface area contributed by atoms with Gasteiger partial charge in [-0.15, -0.1) is 0 Å². The maximum absolute atomic E-state index is 14.2. The van der Waals surface area contributed by atoms with E-state index in [1.807, 2.05) is 24.3 Å². The number of rotatable bonds is 3. The van der Waals surface area contributed by atoms with Crippen LogP contribution in [0.4, 0.5) is 15.8 Å². The summed E-state index contributed by atoms with van der Waals surface area (Å²) >= 11 is 6.53. The summed E-state index contributed by atoms with van der Waals surface area (Å²) < 4.78 is 19.6. The number of morpholine rings is 1. The molecule has 1 saturated heterocycles. The number of carbonyl (C=O) groups is 1. The number of nitrogens with one attached hydrogen (secondary N) is 1. The Bertz CT molecular complexity index is 1230. The highest BCUT2D eigenvalue weighted by Gasteiger charge is 2.30. The van der Waals surface area contributed by atoms with Gasteiger partial charge < -0.3 is 20.1 Å². The van der Waals surface area contributed by atoms with Crippen LogP contribution in [0.3, 0.4) is 0 Å². The van der Waals surface area contributed by atoms with Crippen LogP contribution in [0, 0.1) is 5.82 Å². The van der Waals surface area contributed by atoms with Gasteiger partial charge in [0.25, 0.3) is 5.91 Å². The van der Waals surface area contributed by atoms with Crippen molar-refractivity contribution in [2.75, 3.05) is 36.5 Å². The maximum Gasteiger partial charge on any atom is 0.260 e. The van der Waals surface area contributed by atoms with Gasteiger partial charge in [-0.1, -0.05) is 35.9 Å². The van der Waals surface area contributed by atoms with Crippen LogP contribution < -0.4 is 10.2 Å². The Hall–Kier alpha value is -3.35. The molecule has 0 aliphatic carbocycles. The third kappa shape index (κ3) is 3.61. The number of halogens is 2. The number of benzene rings is 3. The number of aliphatic hydroxyl groups is 1. The summed E-state index contributed by atoms with van der Waals surface area (Å²) in [6.07, 6.45) is 0. The maximum atomic E-state index is 14.2. The van der Waals surface area contributed by atoms with Crippen molar-refractivity contribution in [3.63, 3.8) is 0 Å². The molecule has 0 aromatic heterocycles. The Balaban J connectivity index is 1.55. The number of anilines is 2. The average molecular weight is 451 g/mol. The molecular formula is C25H20ClFN2O3. The third-order valence-corrected chi connectivity index (χ3v) is 6.08. The summed E-state index contributed by atoms with van der Waals surface area (Å²) in [4.78, 5) is 14.9. The predicted molar refractivity (Wildman–Crippen MR) is 124 cm³/mol. The molecule has 0 radical (unpaired) electrons. The molecule has 2 N–H and O–H groups in total. The minimum atomic E-state index is -0.605. The van der Waals surface area contributed by atoms with Gasteiger partial charge >= 0.3 is 0 Å². The van der Waals surface area contributed by atoms with E-state index in [1.54, 1.807) is 18.2 Å². The van der Waals surface area contributed by atoms with Crippen molar-refractivity contribution in [2.45, 2.75) is 0 Å². The smallest absolute Gasteiger partial charge is 0.260 e.